The minimum atomic E-state index is -0.468. The van der Waals surface area contributed by atoms with Crippen LogP contribution in [0.4, 0.5) is 0 Å². The molecule has 2 atom stereocenters. The van der Waals surface area contributed by atoms with Crippen molar-refractivity contribution in [2.45, 2.75) is 51.7 Å². The van der Waals surface area contributed by atoms with Gasteiger partial charge >= 0.3 is 0 Å². The van der Waals surface area contributed by atoms with E-state index in [9.17, 15) is 4.79 Å². The summed E-state index contributed by atoms with van der Waals surface area (Å²) in [5, 5.41) is 13.5. The first-order chi connectivity index (χ1) is 11.9. The van der Waals surface area contributed by atoms with Crippen LogP contribution in [0, 0.1) is 6.92 Å². The molecular weight excluding hydrogens is 318 g/mol. The Balaban J connectivity index is 2.31. The zero-order valence-corrected chi connectivity index (χ0v) is 15.3. The predicted molar refractivity (Wildman–Crippen MR) is 95.6 cm³/mol. The van der Waals surface area contributed by atoms with Crippen molar-refractivity contribution in [1.82, 2.24) is 15.3 Å². The highest BCUT2D eigenvalue weighted by molar-refractivity contribution is 5.75. The number of benzene rings is 1. The summed E-state index contributed by atoms with van der Waals surface area (Å²) < 4.78 is 7.48. The fourth-order valence-electron chi connectivity index (χ4n) is 2.86. The summed E-state index contributed by atoms with van der Waals surface area (Å²) in [6.07, 6.45) is 2.33. The van der Waals surface area contributed by atoms with E-state index in [1.165, 1.54) is 5.56 Å². The quantitative estimate of drug-likeness (QED) is 0.569. The van der Waals surface area contributed by atoms with Crippen LogP contribution in [0.25, 0.3) is 0 Å². The van der Waals surface area contributed by atoms with Crippen LogP contribution in [0.3, 0.4) is 0 Å². The molecule has 1 heterocycles. The minimum absolute atomic E-state index is 0.0675. The summed E-state index contributed by atoms with van der Waals surface area (Å²) in [6.45, 7) is 6.19. The third-order valence-electron chi connectivity index (χ3n) is 4.38. The Bertz CT molecular complexity index is 679. The Morgan fingerprint density at radius 1 is 1.28 bits per heavy atom. The Hall–Kier alpha value is -2.18. The molecule has 6 heteroatoms. The fourth-order valence-corrected chi connectivity index (χ4v) is 2.86. The van der Waals surface area contributed by atoms with Crippen molar-refractivity contribution in [3.05, 3.63) is 53.3 Å². The predicted octanol–water partition coefficient (Wildman–Crippen LogP) is 3.01. The SMILES string of the molecule is CO[C@H](CC(=O)NO)[C@H](Cc1ccc(C)cc1)c1ccn(C(C)C)n1. The number of nitrogens with zero attached hydrogens (tertiary/aromatic N) is 2. The summed E-state index contributed by atoms with van der Waals surface area (Å²) in [4.78, 5) is 11.7. The van der Waals surface area contributed by atoms with Gasteiger partial charge in [0.25, 0.3) is 0 Å². The summed E-state index contributed by atoms with van der Waals surface area (Å²) in [5.74, 6) is -0.561. The highest BCUT2D eigenvalue weighted by Gasteiger charge is 2.28. The van der Waals surface area contributed by atoms with Crippen molar-refractivity contribution in [3.63, 3.8) is 0 Å². The highest BCUT2D eigenvalue weighted by atomic mass is 16.5. The molecule has 2 aromatic rings. The van der Waals surface area contributed by atoms with Crippen LogP contribution in [0.1, 0.15) is 49.0 Å². The molecule has 0 bridgehead atoms. The molecule has 25 heavy (non-hydrogen) atoms. The number of nitrogens with one attached hydrogen (secondary N) is 1. The molecule has 1 aromatic heterocycles. The number of ether oxygens (including phenoxy) is 1. The summed E-state index contributed by atoms with van der Waals surface area (Å²) in [7, 11) is 1.58. The van der Waals surface area contributed by atoms with Gasteiger partial charge in [0.2, 0.25) is 5.91 Å². The van der Waals surface area contributed by atoms with Gasteiger partial charge in [-0.15, -0.1) is 0 Å². The number of methoxy groups -OCH3 is 1. The van der Waals surface area contributed by atoms with Gasteiger partial charge in [-0.1, -0.05) is 29.8 Å². The van der Waals surface area contributed by atoms with Gasteiger partial charge in [0.1, 0.15) is 0 Å². The Labute approximate surface area is 148 Å². The Kier molecular flexibility index (Phi) is 6.73. The molecule has 1 aromatic carbocycles. The number of rotatable bonds is 8. The van der Waals surface area contributed by atoms with Crippen LogP contribution < -0.4 is 5.48 Å². The van der Waals surface area contributed by atoms with Gasteiger partial charge < -0.3 is 4.74 Å². The number of carbonyl (C=O) groups excluding carboxylic acids is 1. The molecule has 0 saturated heterocycles. The van der Waals surface area contributed by atoms with Crippen LogP contribution >= 0.6 is 0 Å². The normalized spacial score (nSPS) is 13.7. The van der Waals surface area contributed by atoms with Crippen molar-refractivity contribution >= 4 is 5.91 Å². The highest BCUT2D eigenvalue weighted by Crippen LogP contribution is 2.28. The van der Waals surface area contributed by atoms with E-state index in [-0.39, 0.29) is 24.5 Å². The van der Waals surface area contributed by atoms with Crippen LogP contribution in [0.5, 0.6) is 0 Å². The Morgan fingerprint density at radius 2 is 1.96 bits per heavy atom. The number of hydrogen-bond acceptors (Lipinski definition) is 4. The van der Waals surface area contributed by atoms with E-state index in [1.807, 2.05) is 16.9 Å². The van der Waals surface area contributed by atoms with E-state index in [1.54, 1.807) is 12.6 Å². The molecule has 0 aliphatic rings. The molecule has 0 aliphatic heterocycles. The summed E-state index contributed by atoms with van der Waals surface area (Å²) in [5.41, 5.74) is 4.92. The van der Waals surface area contributed by atoms with Crippen LogP contribution in [0.15, 0.2) is 36.5 Å². The van der Waals surface area contributed by atoms with Crippen molar-refractivity contribution in [1.29, 1.82) is 0 Å². The lowest BCUT2D eigenvalue weighted by Crippen LogP contribution is -2.31. The van der Waals surface area contributed by atoms with Gasteiger partial charge in [-0.3, -0.25) is 14.7 Å². The zero-order chi connectivity index (χ0) is 18.4. The molecular formula is C19H27N3O3. The molecule has 0 aliphatic carbocycles. The van der Waals surface area contributed by atoms with E-state index in [0.29, 0.717) is 6.42 Å². The first-order valence-corrected chi connectivity index (χ1v) is 8.51. The number of amides is 1. The molecule has 0 fully saturated rings. The lowest BCUT2D eigenvalue weighted by molar-refractivity contribution is -0.132. The molecule has 1 amide bonds. The average molecular weight is 345 g/mol. The molecule has 6 nitrogen and oxygen atoms in total. The van der Waals surface area contributed by atoms with Gasteiger partial charge in [0, 0.05) is 25.3 Å². The first-order valence-electron chi connectivity index (χ1n) is 8.51. The monoisotopic (exact) mass is 345 g/mol. The molecule has 0 unspecified atom stereocenters. The smallest absolute Gasteiger partial charge is 0.245 e. The topological polar surface area (TPSA) is 76.4 Å². The largest absolute Gasteiger partial charge is 0.380 e. The van der Waals surface area contributed by atoms with E-state index < -0.39 is 5.91 Å². The van der Waals surface area contributed by atoms with Crippen LogP contribution in [0.2, 0.25) is 0 Å². The van der Waals surface area contributed by atoms with Crippen molar-refractivity contribution in [2.24, 2.45) is 0 Å². The second-order valence-electron chi connectivity index (χ2n) is 6.62. The fraction of sp³-hybridized carbons (Fsp3) is 0.474. The minimum Gasteiger partial charge on any atom is -0.380 e. The average Bonchev–Trinajstić information content (AvgIpc) is 3.09. The molecule has 0 radical (unpaired) electrons. The van der Waals surface area contributed by atoms with E-state index in [4.69, 9.17) is 9.94 Å². The van der Waals surface area contributed by atoms with Crippen LogP contribution in [-0.4, -0.2) is 34.1 Å². The Morgan fingerprint density at radius 3 is 2.48 bits per heavy atom. The second-order valence-corrected chi connectivity index (χ2v) is 6.62. The van der Waals surface area contributed by atoms with Gasteiger partial charge in [-0.25, -0.2) is 5.48 Å². The van der Waals surface area contributed by atoms with Gasteiger partial charge in [0.15, 0.2) is 0 Å². The van der Waals surface area contributed by atoms with Gasteiger partial charge in [-0.05, 0) is 38.8 Å². The maximum absolute atomic E-state index is 11.7. The van der Waals surface area contributed by atoms with E-state index in [2.05, 4.69) is 50.1 Å². The van der Waals surface area contributed by atoms with Gasteiger partial charge in [-0.2, -0.15) is 5.10 Å². The van der Waals surface area contributed by atoms with Gasteiger partial charge in [0.05, 0.1) is 18.2 Å². The number of aromatic nitrogens is 2. The molecule has 2 rings (SSSR count). The zero-order valence-electron chi connectivity index (χ0n) is 15.3. The van der Waals surface area contributed by atoms with E-state index in [0.717, 1.165) is 11.3 Å². The lowest BCUT2D eigenvalue weighted by Gasteiger charge is -2.24. The summed E-state index contributed by atoms with van der Waals surface area (Å²) in [6, 6.07) is 10.5. The maximum Gasteiger partial charge on any atom is 0.245 e. The molecule has 0 saturated carbocycles. The molecule has 136 valence electrons. The number of hydroxylamine groups is 1. The van der Waals surface area contributed by atoms with Crippen LogP contribution in [-0.2, 0) is 16.0 Å². The number of aryl methyl sites for hydroxylation is 1. The summed E-state index contributed by atoms with van der Waals surface area (Å²) >= 11 is 0. The standard InChI is InChI=1S/C19H27N3O3/c1-13(2)22-10-9-17(20-22)16(18(25-4)12-19(23)21-24)11-15-7-5-14(3)6-8-15/h5-10,13,16,18,24H,11-12H2,1-4H3,(H,21,23)/t16-,18-/m1/s1. The molecule has 0 spiro atoms. The van der Waals surface area contributed by atoms with E-state index >= 15 is 0 Å². The molecule has 2 N–H and O–H groups in total. The number of hydrogen-bond donors (Lipinski definition) is 2. The third-order valence-corrected chi connectivity index (χ3v) is 4.38. The number of carbonyl (C=O) groups is 1. The second kappa shape index (κ2) is 8.78. The maximum atomic E-state index is 11.7. The third kappa shape index (κ3) is 5.14. The van der Waals surface area contributed by atoms with Crippen molar-refractivity contribution in [2.75, 3.05) is 7.11 Å². The van der Waals surface area contributed by atoms with Crippen molar-refractivity contribution < 1.29 is 14.7 Å². The lowest BCUT2D eigenvalue weighted by atomic mass is 9.89. The van der Waals surface area contributed by atoms with Crippen molar-refractivity contribution in [3.8, 4) is 0 Å². The first kappa shape index (κ1) is 19.1.